The molecule has 35 heavy (non-hydrogen) atoms. The standard InChI is InChI=1S/C26H30F3N5O/c1-19(16-26(27,28)29)33-15-11-23-22(18-33)24(32-34(23)17-21-9-13-30-14-10-21)25(35)31-12-5-8-20-6-3-2-4-7-20/h2-4,6-7,9-10,13-14,19H,5,8,11-12,15-18H2,1H3,(H,31,35)/t19-/m1/s1. The zero-order valence-electron chi connectivity index (χ0n) is 19.8. The average Bonchev–Trinajstić information content (AvgIpc) is 3.19. The Labute approximate surface area is 203 Å². The number of nitrogens with one attached hydrogen (secondary N) is 1. The topological polar surface area (TPSA) is 63.1 Å². The van der Waals surface area contributed by atoms with E-state index in [0.29, 0.717) is 31.7 Å². The lowest BCUT2D eigenvalue weighted by atomic mass is 10.0. The molecule has 0 saturated heterocycles. The Balaban J connectivity index is 1.49. The minimum Gasteiger partial charge on any atom is -0.351 e. The van der Waals surface area contributed by atoms with Crippen molar-refractivity contribution in [3.63, 3.8) is 0 Å². The second-order valence-corrected chi connectivity index (χ2v) is 9.02. The summed E-state index contributed by atoms with van der Waals surface area (Å²) in [6.45, 7) is 3.32. The van der Waals surface area contributed by atoms with Crippen LogP contribution in [0.2, 0.25) is 0 Å². The molecule has 0 saturated carbocycles. The van der Waals surface area contributed by atoms with E-state index in [1.165, 1.54) is 5.56 Å². The van der Waals surface area contributed by atoms with Crippen molar-refractivity contribution in [2.75, 3.05) is 13.1 Å². The van der Waals surface area contributed by atoms with Crippen LogP contribution in [0.1, 0.15) is 52.6 Å². The van der Waals surface area contributed by atoms with Crippen LogP contribution in [0.15, 0.2) is 54.9 Å². The van der Waals surface area contributed by atoms with Gasteiger partial charge in [-0.05, 0) is 43.0 Å². The molecule has 2 aromatic heterocycles. The lowest BCUT2D eigenvalue weighted by Gasteiger charge is -2.33. The number of nitrogens with zero attached hydrogens (tertiary/aromatic N) is 4. The third-order valence-electron chi connectivity index (χ3n) is 6.38. The molecule has 4 rings (SSSR count). The monoisotopic (exact) mass is 485 g/mol. The van der Waals surface area contributed by atoms with Gasteiger partial charge in [-0.3, -0.25) is 19.4 Å². The van der Waals surface area contributed by atoms with Crippen molar-refractivity contribution in [1.82, 2.24) is 25.0 Å². The summed E-state index contributed by atoms with van der Waals surface area (Å²) in [5.41, 5.74) is 4.13. The van der Waals surface area contributed by atoms with Crippen molar-refractivity contribution < 1.29 is 18.0 Å². The van der Waals surface area contributed by atoms with E-state index in [-0.39, 0.29) is 12.5 Å². The van der Waals surface area contributed by atoms with E-state index in [9.17, 15) is 18.0 Å². The molecular formula is C26H30F3N5O. The molecular weight excluding hydrogens is 455 g/mol. The first-order valence-corrected chi connectivity index (χ1v) is 11.9. The summed E-state index contributed by atoms with van der Waals surface area (Å²) in [4.78, 5) is 18.9. The van der Waals surface area contributed by atoms with Gasteiger partial charge in [0.1, 0.15) is 0 Å². The lowest BCUT2D eigenvalue weighted by molar-refractivity contribution is -0.146. The van der Waals surface area contributed by atoms with Crippen LogP contribution in [0.4, 0.5) is 13.2 Å². The number of halogens is 3. The van der Waals surface area contributed by atoms with Gasteiger partial charge in [0.15, 0.2) is 5.69 Å². The maximum absolute atomic E-state index is 13.1. The van der Waals surface area contributed by atoms with Crippen LogP contribution in [-0.2, 0) is 25.9 Å². The Hall–Kier alpha value is -3.20. The molecule has 0 fully saturated rings. The zero-order valence-corrected chi connectivity index (χ0v) is 19.8. The molecule has 3 aromatic rings. The van der Waals surface area contributed by atoms with Crippen LogP contribution >= 0.6 is 0 Å². The number of aromatic nitrogens is 3. The Kier molecular flexibility index (Phi) is 7.85. The van der Waals surface area contributed by atoms with Crippen LogP contribution in [0.3, 0.4) is 0 Å². The summed E-state index contributed by atoms with van der Waals surface area (Å²) in [6.07, 6.45) is 0.455. The van der Waals surface area contributed by atoms with E-state index in [4.69, 9.17) is 0 Å². The number of carbonyl (C=O) groups excluding carboxylic acids is 1. The van der Waals surface area contributed by atoms with Crippen molar-refractivity contribution in [1.29, 1.82) is 0 Å². The van der Waals surface area contributed by atoms with Crippen LogP contribution in [0.5, 0.6) is 0 Å². The van der Waals surface area contributed by atoms with Gasteiger partial charge >= 0.3 is 6.18 Å². The summed E-state index contributed by atoms with van der Waals surface area (Å²) >= 11 is 0. The number of amides is 1. The second kappa shape index (κ2) is 11.0. The normalized spacial score (nSPS) is 15.0. The predicted octanol–water partition coefficient (Wildman–Crippen LogP) is 4.39. The minimum atomic E-state index is -4.23. The van der Waals surface area contributed by atoms with Crippen molar-refractivity contribution in [3.8, 4) is 0 Å². The van der Waals surface area contributed by atoms with E-state index in [1.807, 2.05) is 35.0 Å². The molecule has 1 amide bonds. The van der Waals surface area contributed by atoms with Gasteiger partial charge in [-0.15, -0.1) is 0 Å². The number of hydrogen-bond donors (Lipinski definition) is 1. The smallest absolute Gasteiger partial charge is 0.351 e. The van der Waals surface area contributed by atoms with Gasteiger partial charge in [0.25, 0.3) is 5.91 Å². The molecule has 1 atom stereocenters. The molecule has 1 N–H and O–H groups in total. The van der Waals surface area contributed by atoms with E-state index in [0.717, 1.165) is 29.7 Å². The lowest BCUT2D eigenvalue weighted by Crippen LogP contribution is -2.40. The van der Waals surface area contributed by atoms with Crippen molar-refractivity contribution in [3.05, 3.63) is 82.9 Å². The fraction of sp³-hybridized carbons (Fsp3) is 0.423. The number of aryl methyl sites for hydroxylation is 1. The highest BCUT2D eigenvalue weighted by Crippen LogP contribution is 2.29. The molecule has 9 heteroatoms. The first kappa shape index (κ1) is 24.9. The number of fused-ring (bicyclic) bond motifs is 1. The van der Waals surface area contributed by atoms with Gasteiger partial charge in [-0.2, -0.15) is 18.3 Å². The molecule has 0 spiro atoms. The van der Waals surface area contributed by atoms with Gasteiger partial charge in [0, 0.05) is 55.7 Å². The number of hydrogen-bond acceptors (Lipinski definition) is 4. The number of carbonyl (C=O) groups is 1. The fourth-order valence-electron chi connectivity index (χ4n) is 4.55. The number of pyridine rings is 1. The molecule has 1 aliphatic heterocycles. The van der Waals surface area contributed by atoms with Crippen molar-refractivity contribution in [2.24, 2.45) is 0 Å². The first-order valence-electron chi connectivity index (χ1n) is 11.9. The third kappa shape index (κ3) is 6.69. The summed E-state index contributed by atoms with van der Waals surface area (Å²) in [7, 11) is 0. The van der Waals surface area contributed by atoms with E-state index in [1.54, 1.807) is 24.2 Å². The molecule has 0 aliphatic carbocycles. The Morgan fingerprint density at radius 3 is 2.57 bits per heavy atom. The largest absolute Gasteiger partial charge is 0.390 e. The first-order chi connectivity index (χ1) is 16.8. The van der Waals surface area contributed by atoms with Gasteiger partial charge in [-0.25, -0.2) is 0 Å². The predicted molar refractivity (Wildman–Crippen MR) is 127 cm³/mol. The third-order valence-corrected chi connectivity index (χ3v) is 6.38. The molecule has 3 heterocycles. The Morgan fingerprint density at radius 1 is 1.11 bits per heavy atom. The summed E-state index contributed by atoms with van der Waals surface area (Å²) in [6, 6.07) is 13.1. The number of benzene rings is 1. The summed E-state index contributed by atoms with van der Waals surface area (Å²) in [5.74, 6) is -0.284. The highest BCUT2D eigenvalue weighted by molar-refractivity contribution is 5.94. The summed E-state index contributed by atoms with van der Waals surface area (Å²) in [5, 5.41) is 7.58. The van der Waals surface area contributed by atoms with E-state index >= 15 is 0 Å². The maximum Gasteiger partial charge on any atom is 0.390 e. The zero-order chi connectivity index (χ0) is 24.8. The van der Waals surface area contributed by atoms with Gasteiger partial charge < -0.3 is 5.32 Å². The SMILES string of the molecule is C[C@H](CC(F)(F)F)N1CCc2c(c(C(=O)NCCCc3ccccc3)nn2Cc2ccncc2)C1. The second-order valence-electron chi connectivity index (χ2n) is 9.02. The molecule has 6 nitrogen and oxygen atoms in total. The highest BCUT2D eigenvalue weighted by atomic mass is 19.4. The molecule has 0 bridgehead atoms. The fourth-order valence-corrected chi connectivity index (χ4v) is 4.55. The molecule has 1 aliphatic rings. The molecule has 186 valence electrons. The van der Waals surface area contributed by atoms with E-state index in [2.05, 4.69) is 27.5 Å². The molecule has 0 radical (unpaired) electrons. The quantitative estimate of drug-likeness (QED) is 0.457. The highest BCUT2D eigenvalue weighted by Gasteiger charge is 2.35. The average molecular weight is 486 g/mol. The number of alkyl halides is 3. The molecule has 0 unspecified atom stereocenters. The van der Waals surface area contributed by atoms with Crippen molar-refractivity contribution in [2.45, 2.75) is 57.9 Å². The minimum absolute atomic E-state index is 0.274. The van der Waals surface area contributed by atoms with Gasteiger partial charge in [0.2, 0.25) is 0 Å². The van der Waals surface area contributed by atoms with Crippen molar-refractivity contribution >= 4 is 5.91 Å². The van der Waals surface area contributed by atoms with Gasteiger partial charge in [-0.1, -0.05) is 30.3 Å². The number of rotatable bonds is 9. The molecule has 1 aromatic carbocycles. The van der Waals surface area contributed by atoms with Crippen LogP contribution < -0.4 is 5.32 Å². The Bertz CT molecular complexity index is 1120. The van der Waals surface area contributed by atoms with Crippen LogP contribution in [0.25, 0.3) is 0 Å². The van der Waals surface area contributed by atoms with Crippen LogP contribution in [-0.4, -0.2) is 50.9 Å². The maximum atomic E-state index is 13.1. The van der Waals surface area contributed by atoms with E-state index < -0.39 is 18.6 Å². The van der Waals surface area contributed by atoms with Gasteiger partial charge in [0.05, 0.1) is 13.0 Å². The Morgan fingerprint density at radius 2 is 1.86 bits per heavy atom. The summed E-state index contributed by atoms with van der Waals surface area (Å²) < 4.78 is 40.8. The van der Waals surface area contributed by atoms with Crippen LogP contribution in [0, 0.1) is 0 Å².